The van der Waals surface area contributed by atoms with Gasteiger partial charge in [-0.2, -0.15) is 0 Å². The Kier molecular flexibility index (Phi) is 1.18. The molecule has 5 aliphatic carbocycles. The van der Waals surface area contributed by atoms with Crippen LogP contribution in [0.5, 0.6) is 0 Å². The number of hydrogen-bond acceptors (Lipinski definition) is 2. The van der Waals surface area contributed by atoms with Gasteiger partial charge >= 0.3 is 0 Å². The van der Waals surface area contributed by atoms with Crippen LogP contribution in [0.3, 0.4) is 0 Å². The maximum atomic E-state index is 10.8. The standard InChI is InChI=1S/C14H21NO/c1-15-11-10-5-12(16)3-8-2-9-4-13(10,11)7-14(8,9)6-12/h8-11,15-16H,2-7H2,1H3/t8?,9?,10?,11-,12?,13?,14?/m1/s1. The maximum Gasteiger partial charge on any atom is 0.0659 e. The SMILES string of the molecule is CN[C@@H]1C2CC3(O)CC4CC5CC21CC45C3. The molecule has 2 heteroatoms. The normalized spacial score (nSPS) is 73.1. The zero-order chi connectivity index (χ0) is 10.8. The Bertz CT molecular complexity index is 396. The van der Waals surface area contributed by atoms with E-state index in [9.17, 15) is 5.11 Å². The maximum absolute atomic E-state index is 10.8. The predicted molar refractivity (Wildman–Crippen MR) is 60.8 cm³/mol. The summed E-state index contributed by atoms with van der Waals surface area (Å²) in [4.78, 5) is 0. The average molecular weight is 219 g/mol. The largest absolute Gasteiger partial charge is 0.390 e. The van der Waals surface area contributed by atoms with Crippen molar-refractivity contribution in [3.63, 3.8) is 0 Å². The molecular weight excluding hydrogens is 198 g/mol. The van der Waals surface area contributed by atoms with Gasteiger partial charge in [-0.15, -0.1) is 0 Å². The van der Waals surface area contributed by atoms with Crippen LogP contribution in [0.2, 0.25) is 0 Å². The Morgan fingerprint density at radius 1 is 1.06 bits per heavy atom. The van der Waals surface area contributed by atoms with E-state index in [-0.39, 0.29) is 5.60 Å². The summed E-state index contributed by atoms with van der Waals surface area (Å²) >= 11 is 0. The Labute approximate surface area is 96.8 Å². The van der Waals surface area contributed by atoms with Crippen molar-refractivity contribution in [2.75, 3.05) is 7.05 Å². The third-order valence-electron chi connectivity index (χ3n) is 7.33. The van der Waals surface area contributed by atoms with Crippen molar-refractivity contribution >= 4 is 0 Å². The van der Waals surface area contributed by atoms with Gasteiger partial charge in [-0.05, 0) is 74.2 Å². The first kappa shape index (κ1) is 8.93. The Balaban J connectivity index is 1.66. The minimum atomic E-state index is -0.266. The topological polar surface area (TPSA) is 32.3 Å². The number of nitrogens with one attached hydrogen (secondary N) is 1. The van der Waals surface area contributed by atoms with Crippen LogP contribution in [-0.4, -0.2) is 23.8 Å². The molecule has 0 aromatic heterocycles. The molecule has 3 bridgehead atoms. The van der Waals surface area contributed by atoms with Gasteiger partial charge < -0.3 is 10.4 Å². The average Bonchev–Trinajstić information content (AvgIpc) is 2.61. The molecule has 0 heterocycles. The van der Waals surface area contributed by atoms with Crippen LogP contribution in [-0.2, 0) is 0 Å². The molecule has 0 aromatic carbocycles. The summed E-state index contributed by atoms with van der Waals surface area (Å²) in [7, 11) is 2.12. The van der Waals surface area contributed by atoms with Crippen molar-refractivity contribution in [2.24, 2.45) is 28.6 Å². The van der Waals surface area contributed by atoms with Gasteiger partial charge in [0.2, 0.25) is 0 Å². The highest BCUT2D eigenvalue weighted by molar-refractivity contribution is 5.32. The van der Waals surface area contributed by atoms with E-state index in [1.807, 2.05) is 0 Å². The fraction of sp³-hybridized carbons (Fsp3) is 1.00. The highest BCUT2D eigenvalue weighted by Gasteiger charge is 2.81. The van der Waals surface area contributed by atoms with Crippen LogP contribution in [0, 0.1) is 28.6 Å². The molecule has 16 heavy (non-hydrogen) atoms. The Morgan fingerprint density at radius 3 is 2.69 bits per heavy atom. The smallest absolute Gasteiger partial charge is 0.0659 e. The fourth-order valence-corrected chi connectivity index (χ4v) is 6.96. The number of aliphatic hydroxyl groups is 1. The number of rotatable bonds is 1. The van der Waals surface area contributed by atoms with E-state index in [1.165, 1.54) is 19.3 Å². The molecule has 6 unspecified atom stereocenters. The van der Waals surface area contributed by atoms with Crippen molar-refractivity contribution in [3.8, 4) is 0 Å². The summed E-state index contributed by atoms with van der Waals surface area (Å²) in [6.45, 7) is 0. The van der Waals surface area contributed by atoms with E-state index >= 15 is 0 Å². The second-order valence-electron chi connectivity index (χ2n) is 7.66. The lowest BCUT2D eigenvalue weighted by atomic mass is 9.56. The van der Waals surface area contributed by atoms with Crippen molar-refractivity contribution in [1.29, 1.82) is 0 Å². The van der Waals surface area contributed by atoms with Crippen LogP contribution >= 0.6 is 0 Å². The van der Waals surface area contributed by atoms with Crippen LogP contribution < -0.4 is 5.32 Å². The van der Waals surface area contributed by atoms with E-state index in [2.05, 4.69) is 12.4 Å². The van der Waals surface area contributed by atoms with Crippen LogP contribution in [0.15, 0.2) is 0 Å². The van der Waals surface area contributed by atoms with Gasteiger partial charge in [0.05, 0.1) is 5.60 Å². The fourth-order valence-electron chi connectivity index (χ4n) is 6.96. The highest BCUT2D eigenvalue weighted by Crippen LogP contribution is 2.84. The van der Waals surface area contributed by atoms with Crippen LogP contribution in [0.1, 0.15) is 38.5 Å². The first-order valence-electron chi connectivity index (χ1n) is 7.02. The summed E-state index contributed by atoms with van der Waals surface area (Å²) < 4.78 is 0. The second kappa shape index (κ2) is 2.12. The van der Waals surface area contributed by atoms with Gasteiger partial charge in [0.25, 0.3) is 0 Å². The lowest BCUT2D eigenvalue weighted by Gasteiger charge is -2.48. The van der Waals surface area contributed by atoms with Gasteiger partial charge in [-0.1, -0.05) is 0 Å². The monoisotopic (exact) mass is 219 g/mol. The summed E-state index contributed by atoms with van der Waals surface area (Å²) in [5, 5.41) is 14.3. The molecule has 5 rings (SSSR count). The van der Waals surface area contributed by atoms with Crippen LogP contribution in [0.25, 0.3) is 0 Å². The molecule has 88 valence electrons. The first-order valence-corrected chi connectivity index (χ1v) is 7.02. The lowest BCUT2D eigenvalue weighted by molar-refractivity contribution is -0.00784. The molecular formula is C14H21NO. The minimum Gasteiger partial charge on any atom is -0.390 e. The third kappa shape index (κ3) is 0.669. The van der Waals surface area contributed by atoms with Gasteiger partial charge in [-0.3, -0.25) is 0 Å². The molecule has 0 aromatic rings. The molecule has 0 saturated heterocycles. The molecule has 2 N–H and O–H groups in total. The first-order chi connectivity index (χ1) is 7.62. The van der Waals surface area contributed by atoms with Gasteiger partial charge in [0.15, 0.2) is 0 Å². The van der Waals surface area contributed by atoms with Gasteiger partial charge in [0.1, 0.15) is 0 Å². The van der Waals surface area contributed by atoms with E-state index < -0.39 is 0 Å². The zero-order valence-electron chi connectivity index (χ0n) is 10.00. The predicted octanol–water partition coefficient (Wildman–Crippen LogP) is 1.54. The van der Waals surface area contributed by atoms with E-state index in [4.69, 9.17) is 0 Å². The summed E-state index contributed by atoms with van der Waals surface area (Å²) in [6, 6.07) is 0.737. The molecule has 2 nitrogen and oxygen atoms in total. The van der Waals surface area contributed by atoms with Crippen molar-refractivity contribution in [1.82, 2.24) is 5.32 Å². The molecule has 7 atom stereocenters. The van der Waals surface area contributed by atoms with Crippen molar-refractivity contribution in [2.45, 2.75) is 50.2 Å². The van der Waals surface area contributed by atoms with Crippen molar-refractivity contribution < 1.29 is 5.11 Å². The molecule has 5 aliphatic rings. The zero-order valence-corrected chi connectivity index (χ0v) is 10.00. The van der Waals surface area contributed by atoms with E-state index in [1.54, 1.807) is 0 Å². The molecule has 5 saturated carbocycles. The van der Waals surface area contributed by atoms with Gasteiger partial charge in [0, 0.05) is 6.04 Å². The quantitative estimate of drug-likeness (QED) is 0.701. The number of fused-ring (bicyclic) bond motifs is 1. The number of hydrogen-bond donors (Lipinski definition) is 2. The molecule has 0 amide bonds. The highest BCUT2D eigenvalue weighted by atomic mass is 16.3. The third-order valence-corrected chi connectivity index (χ3v) is 7.33. The molecule has 0 aliphatic heterocycles. The molecule has 2 spiro atoms. The van der Waals surface area contributed by atoms with Crippen molar-refractivity contribution in [3.05, 3.63) is 0 Å². The molecule has 0 radical (unpaired) electrons. The molecule has 5 fully saturated rings. The van der Waals surface area contributed by atoms with Gasteiger partial charge in [-0.25, -0.2) is 0 Å². The van der Waals surface area contributed by atoms with E-state index in [0.29, 0.717) is 10.8 Å². The summed E-state index contributed by atoms with van der Waals surface area (Å²) in [5.74, 6) is 2.67. The van der Waals surface area contributed by atoms with E-state index in [0.717, 1.165) is 43.1 Å². The minimum absolute atomic E-state index is 0.266. The summed E-state index contributed by atoms with van der Waals surface area (Å²) in [5.41, 5.74) is 0.964. The Morgan fingerprint density at radius 2 is 1.88 bits per heavy atom. The second-order valence-corrected chi connectivity index (χ2v) is 7.66. The van der Waals surface area contributed by atoms with Crippen LogP contribution in [0.4, 0.5) is 0 Å². The summed E-state index contributed by atoms with van der Waals surface area (Å²) in [6.07, 6.45) is 7.76. The Hall–Kier alpha value is -0.0800. The lowest BCUT2D eigenvalue weighted by Crippen LogP contribution is -2.41.